The highest BCUT2D eigenvalue weighted by atomic mass is 16.2. The van der Waals surface area contributed by atoms with Gasteiger partial charge in [0.05, 0.1) is 0 Å². The molecule has 1 aliphatic carbocycles. The zero-order valence-electron chi connectivity index (χ0n) is 16.0. The molecule has 26 heavy (non-hydrogen) atoms. The van der Waals surface area contributed by atoms with Gasteiger partial charge < -0.3 is 14.7 Å². The van der Waals surface area contributed by atoms with Gasteiger partial charge in [0.25, 0.3) is 0 Å². The van der Waals surface area contributed by atoms with E-state index in [1.807, 2.05) is 6.92 Å². The highest BCUT2D eigenvalue weighted by Gasteiger charge is 2.30. The normalized spacial score (nSPS) is 22.1. The molecule has 6 nitrogen and oxygen atoms in total. The number of anilines is 2. The number of amides is 1. The van der Waals surface area contributed by atoms with Crippen molar-refractivity contribution in [3.63, 3.8) is 0 Å². The molecule has 1 aromatic rings. The molecule has 1 saturated carbocycles. The molecular formula is C20H31N5O. The van der Waals surface area contributed by atoms with Crippen LogP contribution in [-0.2, 0) is 4.79 Å². The van der Waals surface area contributed by atoms with Gasteiger partial charge in [-0.15, -0.1) is 0 Å². The first-order chi connectivity index (χ1) is 12.7. The van der Waals surface area contributed by atoms with E-state index >= 15 is 0 Å². The second kappa shape index (κ2) is 7.80. The van der Waals surface area contributed by atoms with E-state index in [4.69, 9.17) is 0 Å². The Kier molecular flexibility index (Phi) is 5.27. The van der Waals surface area contributed by atoms with E-state index in [1.165, 1.54) is 32.1 Å². The monoisotopic (exact) mass is 357 g/mol. The quantitative estimate of drug-likeness (QED) is 0.832. The van der Waals surface area contributed by atoms with Gasteiger partial charge in [-0.25, -0.2) is 9.97 Å². The average molecular weight is 358 g/mol. The standard InChI is InChI=1S/C20H31N5O/c1-16-21-18(23-9-5-2-6-10-23)15-19(22-16)24-11-13-25(14-12-24)20(26)17-7-3-4-8-17/h15,17H,2-14H2,1H3. The minimum atomic E-state index is 0.286. The first kappa shape index (κ1) is 17.6. The minimum Gasteiger partial charge on any atom is -0.356 e. The largest absolute Gasteiger partial charge is 0.356 e. The zero-order valence-corrected chi connectivity index (χ0v) is 16.0. The van der Waals surface area contributed by atoms with Crippen molar-refractivity contribution in [1.82, 2.24) is 14.9 Å². The Balaban J connectivity index is 1.40. The van der Waals surface area contributed by atoms with Gasteiger partial charge in [-0.2, -0.15) is 0 Å². The van der Waals surface area contributed by atoms with E-state index < -0.39 is 0 Å². The molecule has 4 rings (SSSR count). The number of hydrogen-bond donors (Lipinski definition) is 0. The fourth-order valence-corrected chi connectivity index (χ4v) is 4.57. The third kappa shape index (κ3) is 3.79. The maximum absolute atomic E-state index is 12.6. The van der Waals surface area contributed by atoms with Crippen molar-refractivity contribution >= 4 is 17.5 Å². The van der Waals surface area contributed by atoms with Gasteiger partial charge in [-0.1, -0.05) is 12.8 Å². The summed E-state index contributed by atoms with van der Waals surface area (Å²) < 4.78 is 0. The molecule has 0 atom stereocenters. The zero-order chi connectivity index (χ0) is 17.9. The molecule has 0 N–H and O–H groups in total. The van der Waals surface area contributed by atoms with Crippen LogP contribution in [0.5, 0.6) is 0 Å². The van der Waals surface area contributed by atoms with E-state index in [-0.39, 0.29) is 5.92 Å². The number of aryl methyl sites for hydroxylation is 1. The number of carbonyl (C=O) groups is 1. The number of piperazine rings is 1. The molecule has 142 valence electrons. The van der Waals surface area contributed by atoms with Gasteiger partial charge in [0.1, 0.15) is 17.5 Å². The molecule has 2 saturated heterocycles. The highest BCUT2D eigenvalue weighted by molar-refractivity contribution is 5.79. The molecule has 3 fully saturated rings. The summed E-state index contributed by atoms with van der Waals surface area (Å²) in [7, 11) is 0. The van der Waals surface area contributed by atoms with Crippen LogP contribution in [0.4, 0.5) is 11.6 Å². The first-order valence-corrected chi connectivity index (χ1v) is 10.3. The molecule has 1 amide bonds. The lowest BCUT2D eigenvalue weighted by molar-refractivity contribution is -0.135. The van der Waals surface area contributed by atoms with Gasteiger partial charge in [-0.05, 0) is 39.0 Å². The Bertz CT molecular complexity index is 629. The lowest BCUT2D eigenvalue weighted by Gasteiger charge is -2.37. The molecule has 3 aliphatic rings. The summed E-state index contributed by atoms with van der Waals surface area (Å²) in [4.78, 5) is 28.8. The van der Waals surface area contributed by atoms with Crippen LogP contribution < -0.4 is 9.80 Å². The van der Waals surface area contributed by atoms with Crippen LogP contribution in [0.25, 0.3) is 0 Å². The SMILES string of the molecule is Cc1nc(N2CCCCC2)cc(N2CCN(C(=O)C3CCCC3)CC2)n1. The maximum Gasteiger partial charge on any atom is 0.225 e. The van der Waals surface area contributed by atoms with Gasteiger partial charge in [-0.3, -0.25) is 4.79 Å². The summed E-state index contributed by atoms with van der Waals surface area (Å²) >= 11 is 0. The molecule has 3 heterocycles. The summed E-state index contributed by atoms with van der Waals surface area (Å²) in [6.07, 6.45) is 8.43. The molecule has 0 spiro atoms. The van der Waals surface area contributed by atoms with E-state index in [2.05, 4.69) is 30.7 Å². The molecule has 0 radical (unpaired) electrons. The van der Waals surface area contributed by atoms with Crippen molar-refractivity contribution in [3.8, 4) is 0 Å². The highest BCUT2D eigenvalue weighted by Crippen LogP contribution is 2.28. The van der Waals surface area contributed by atoms with Gasteiger partial charge in [0.2, 0.25) is 5.91 Å². The summed E-state index contributed by atoms with van der Waals surface area (Å²) in [5, 5.41) is 0. The third-order valence-electron chi connectivity index (χ3n) is 6.11. The summed E-state index contributed by atoms with van der Waals surface area (Å²) in [6.45, 7) is 7.55. The van der Waals surface area contributed by atoms with Crippen molar-refractivity contribution in [2.24, 2.45) is 5.92 Å². The van der Waals surface area contributed by atoms with Crippen molar-refractivity contribution < 1.29 is 4.79 Å². The molecule has 0 unspecified atom stereocenters. The van der Waals surface area contributed by atoms with E-state index in [0.717, 1.165) is 69.6 Å². The number of hydrogen-bond acceptors (Lipinski definition) is 5. The Morgan fingerprint density at radius 2 is 1.42 bits per heavy atom. The lowest BCUT2D eigenvalue weighted by atomic mass is 10.1. The van der Waals surface area contributed by atoms with Crippen LogP contribution in [-0.4, -0.2) is 60.0 Å². The molecule has 1 aromatic heterocycles. The van der Waals surface area contributed by atoms with E-state index in [1.54, 1.807) is 0 Å². The van der Waals surface area contributed by atoms with Crippen LogP contribution in [0, 0.1) is 12.8 Å². The molecule has 2 aliphatic heterocycles. The van der Waals surface area contributed by atoms with E-state index in [9.17, 15) is 4.79 Å². The van der Waals surface area contributed by atoms with Crippen LogP contribution in [0.1, 0.15) is 50.8 Å². The first-order valence-electron chi connectivity index (χ1n) is 10.3. The number of nitrogens with zero attached hydrogens (tertiary/aromatic N) is 5. The Hall–Kier alpha value is -1.85. The second-order valence-electron chi connectivity index (χ2n) is 7.97. The number of aromatic nitrogens is 2. The van der Waals surface area contributed by atoms with Crippen LogP contribution in [0.2, 0.25) is 0 Å². The number of rotatable bonds is 3. The topological polar surface area (TPSA) is 52.6 Å². The third-order valence-corrected chi connectivity index (χ3v) is 6.11. The minimum absolute atomic E-state index is 0.286. The fraction of sp³-hybridized carbons (Fsp3) is 0.750. The van der Waals surface area contributed by atoms with Gasteiger partial charge in [0, 0.05) is 51.3 Å². The smallest absolute Gasteiger partial charge is 0.225 e. The fourth-order valence-electron chi connectivity index (χ4n) is 4.57. The van der Waals surface area contributed by atoms with Crippen molar-refractivity contribution in [3.05, 3.63) is 11.9 Å². The molecular weight excluding hydrogens is 326 g/mol. The molecule has 6 heteroatoms. The van der Waals surface area contributed by atoms with Crippen LogP contribution in [0.3, 0.4) is 0 Å². The Labute approximate surface area is 156 Å². The van der Waals surface area contributed by atoms with Crippen LogP contribution in [0.15, 0.2) is 6.07 Å². The van der Waals surface area contributed by atoms with Gasteiger partial charge >= 0.3 is 0 Å². The van der Waals surface area contributed by atoms with E-state index in [0.29, 0.717) is 5.91 Å². The predicted octanol–water partition coefficient (Wildman–Crippen LogP) is 2.61. The van der Waals surface area contributed by atoms with Crippen LogP contribution >= 0.6 is 0 Å². The van der Waals surface area contributed by atoms with Crippen molar-refractivity contribution in [2.75, 3.05) is 49.1 Å². The Morgan fingerprint density at radius 1 is 0.846 bits per heavy atom. The van der Waals surface area contributed by atoms with Crippen molar-refractivity contribution in [2.45, 2.75) is 51.9 Å². The predicted molar refractivity (Wildman–Crippen MR) is 104 cm³/mol. The second-order valence-corrected chi connectivity index (χ2v) is 7.97. The Morgan fingerprint density at radius 3 is 2.04 bits per heavy atom. The summed E-state index contributed by atoms with van der Waals surface area (Å²) in [5.41, 5.74) is 0. The lowest BCUT2D eigenvalue weighted by Crippen LogP contribution is -2.50. The number of piperidine rings is 1. The average Bonchev–Trinajstić information content (AvgIpc) is 3.22. The summed E-state index contributed by atoms with van der Waals surface area (Å²) in [5.74, 6) is 3.60. The number of carbonyl (C=O) groups excluding carboxylic acids is 1. The van der Waals surface area contributed by atoms with Gasteiger partial charge in [0.15, 0.2) is 0 Å². The summed E-state index contributed by atoms with van der Waals surface area (Å²) in [6, 6.07) is 2.15. The molecule has 0 aromatic carbocycles. The molecule has 0 bridgehead atoms. The maximum atomic E-state index is 12.6. The van der Waals surface area contributed by atoms with Crippen molar-refractivity contribution in [1.29, 1.82) is 0 Å².